The number of aliphatic carboxylic acids is 1. The highest BCUT2D eigenvalue weighted by Crippen LogP contribution is 2.04. The first kappa shape index (κ1) is 9.77. The molecule has 0 bridgehead atoms. The van der Waals surface area contributed by atoms with Crippen molar-refractivity contribution >= 4 is 5.97 Å². The third kappa shape index (κ3) is 6.66. The molecule has 0 fully saturated rings. The standard InChI is InChI=1S/C9H12O2/c1-3-4-5-6-8(2)7-9(10)11/h1,7H,4-6H2,2H3,(H,10,11)/b8-7+. The van der Waals surface area contributed by atoms with Gasteiger partial charge in [0.2, 0.25) is 0 Å². The van der Waals surface area contributed by atoms with Crippen LogP contribution in [0.2, 0.25) is 0 Å². The topological polar surface area (TPSA) is 37.3 Å². The molecule has 2 heteroatoms. The van der Waals surface area contributed by atoms with E-state index in [4.69, 9.17) is 11.5 Å². The summed E-state index contributed by atoms with van der Waals surface area (Å²) in [5.74, 6) is 1.62. The number of unbranched alkanes of at least 4 members (excludes halogenated alkanes) is 1. The quantitative estimate of drug-likeness (QED) is 0.379. The fraction of sp³-hybridized carbons (Fsp3) is 0.444. The highest BCUT2D eigenvalue weighted by Gasteiger charge is 1.93. The van der Waals surface area contributed by atoms with Crippen LogP contribution in [-0.2, 0) is 4.79 Å². The van der Waals surface area contributed by atoms with E-state index in [0.717, 1.165) is 18.4 Å². The van der Waals surface area contributed by atoms with Gasteiger partial charge in [0.25, 0.3) is 0 Å². The molecule has 0 atom stereocenters. The molecule has 0 unspecified atom stereocenters. The second-order valence-corrected chi connectivity index (χ2v) is 2.39. The molecule has 0 aliphatic heterocycles. The Bertz CT molecular complexity index is 196. The van der Waals surface area contributed by atoms with Crippen LogP contribution >= 0.6 is 0 Å². The van der Waals surface area contributed by atoms with Crippen molar-refractivity contribution in [2.75, 3.05) is 0 Å². The van der Waals surface area contributed by atoms with E-state index in [1.165, 1.54) is 6.08 Å². The first-order valence-electron chi connectivity index (χ1n) is 3.50. The molecule has 0 amide bonds. The lowest BCUT2D eigenvalue weighted by Gasteiger charge is -1.95. The lowest BCUT2D eigenvalue weighted by Crippen LogP contribution is -1.89. The predicted molar refractivity (Wildman–Crippen MR) is 44.1 cm³/mol. The van der Waals surface area contributed by atoms with Gasteiger partial charge in [-0.25, -0.2) is 4.79 Å². The normalized spacial score (nSPS) is 10.7. The first-order valence-corrected chi connectivity index (χ1v) is 3.50. The Balaban J connectivity index is 3.61. The SMILES string of the molecule is C#CCCC/C(C)=C/C(=O)O. The van der Waals surface area contributed by atoms with Gasteiger partial charge in [-0.05, 0) is 19.8 Å². The van der Waals surface area contributed by atoms with E-state index in [0.29, 0.717) is 6.42 Å². The van der Waals surface area contributed by atoms with Crippen molar-refractivity contribution in [1.29, 1.82) is 0 Å². The Morgan fingerprint density at radius 2 is 2.36 bits per heavy atom. The van der Waals surface area contributed by atoms with Gasteiger partial charge in [0.05, 0.1) is 0 Å². The molecule has 0 spiro atoms. The summed E-state index contributed by atoms with van der Waals surface area (Å²) < 4.78 is 0. The van der Waals surface area contributed by atoms with E-state index >= 15 is 0 Å². The minimum atomic E-state index is -0.886. The summed E-state index contributed by atoms with van der Waals surface area (Å²) in [4.78, 5) is 10.1. The zero-order valence-corrected chi connectivity index (χ0v) is 6.63. The Morgan fingerprint density at radius 3 is 2.82 bits per heavy atom. The third-order valence-corrected chi connectivity index (χ3v) is 1.26. The number of carboxylic acid groups (broad SMARTS) is 1. The zero-order chi connectivity index (χ0) is 8.69. The third-order valence-electron chi connectivity index (χ3n) is 1.26. The van der Waals surface area contributed by atoms with Crippen molar-refractivity contribution in [2.45, 2.75) is 26.2 Å². The van der Waals surface area contributed by atoms with Crippen molar-refractivity contribution in [2.24, 2.45) is 0 Å². The van der Waals surface area contributed by atoms with Gasteiger partial charge in [-0.2, -0.15) is 0 Å². The van der Waals surface area contributed by atoms with Crippen molar-refractivity contribution in [1.82, 2.24) is 0 Å². The van der Waals surface area contributed by atoms with Crippen molar-refractivity contribution in [3.63, 3.8) is 0 Å². The van der Waals surface area contributed by atoms with Crippen LogP contribution in [0, 0.1) is 12.3 Å². The Hall–Kier alpha value is -1.23. The fourth-order valence-electron chi connectivity index (χ4n) is 0.752. The summed E-state index contributed by atoms with van der Waals surface area (Å²) in [6, 6.07) is 0. The van der Waals surface area contributed by atoms with Crippen LogP contribution in [0.3, 0.4) is 0 Å². The molecule has 11 heavy (non-hydrogen) atoms. The highest BCUT2D eigenvalue weighted by molar-refractivity contribution is 5.80. The maximum atomic E-state index is 10.1. The largest absolute Gasteiger partial charge is 0.478 e. The van der Waals surface area contributed by atoms with Crippen LogP contribution in [0.1, 0.15) is 26.2 Å². The summed E-state index contributed by atoms with van der Waals surface area (Å²) in [5.41, 5.74) is 0.868. The van der Waals surface area contributed by atoms with Crippen LogP contribution in [0.25, 0.3) is 0 Å². The maximum absolute atomic E-state index is 10.1. The lowest BCUT2D eigenvalue weighted by molar-refractivity contribution is -0.131. The average Bonchev–Trinajstić information content (AvgIpc) is 1.86. The summed E-state index contributed by atoms with van der Waals surface area (Å²) in [5, 5.41) is 8.32. The number of terminal acetylenes is 1. The van der Waals surface area contributed by atoms with E-state index in [1.807, 2.05) is 0 Å². The molecule has 0 saturated carbocycles. The van der Waals surface area contributed by atoms with Crippen LogP contribution in [0.4, 0.5) is 0 Å². The van der Waals surface area contributed by atoms with Gasteiger partial charge in [0.15, 0.2) is 0 Å². The highest BCUT2D eigenvalue weighted by atomic mass is 16.4. The molecule has 0 heterocycles. The molecule has 0 saturated heterocycles. The second kappa shape index (κ2) is 5.55. The van der Waals surface area contributed by atoms with E-state index in [2.05, 4.69) is 5.92 Å². The molecule has 0 aliphatic carbocycles. The fourth-order valence-corrected chi connectivity index (χ4v) is 0.752. The van der Waals surface area contributed by atoms with Gasteiger partial charge in [-0.15, -0.1) is 12.3 Å². The second-order valence-electron chi connectivity index (χ2n) is 2.39. The van der Waals surface area contributed by atoms with Crippen molar-refractivity contribution < 1.29 is 9.90 Å². The Morgan fingerprint density at radius 1 is 1.73 bits per heavy atom. The number of hydrogen-bond acceptors (Lipinski definition) is 1. The molecule has 0 rings (SSSR count). The summed E-state index contributed by atoms with van der Waals surface area (Å²) in [6.07, 6.45) is 8.60. The molecular weight excluding hydrogens is 140 g/mol. The van der Waals surface area contributed by atoms with E-state index < -0.39 is 5.97 Å². The van der Waals surface area contributed by atoms with E-state index in [-0.39, 0.29) is 0 Å². The molecule has 0 aromatic carbocycles. The molecule has 2 nitrogen and oxygen atoms in total. The summed E-state index contributed by atoms with van der Waals surface area (Å²) in [6.45, 7) is 1.80. The smallest absolute Gasteiger partial charge is 0.328 e. The van der Waals surface area contributed by atoms with Gasteiger partial charge in [-0.3, -0.25) is 0 Å². The predicted octanol–water partition coefficient (Wildman–Crippen LogP) is 1.82. The van der Waals surface area contributed by atoms with Gasteiger partial charge >= 0.3 is 5.97 Å². The van der Waals surface area contributed by atoms with E-state index in [9.17, 15) is 4.79 Å². The summed E-state index contributed by atoms with van der Waals surface area (Å²) in [7, 11) is 0. The minimum Gasteiger partial charge on any atom is -0.478 e. The van der Waals surface area contributed by atoms with Crippen LogP contribution < -0.4 is 0 Å². The number of carbonyl (C=O) groups is 1. The first-order chi connectivity index (χ1) is 5.16. The summed E-state index contributed by atoms with van der Waals surface area (Å²) >= 11 is 0. The van der Waals surface area contributed by atoms with Crippen LogP contribution in [0.15, 0.2) is 11.6 Å². The molecule has 0 aromatic heterocycles. The number of carboxylic acids is 1. The Kier molecular flexibility index (Phi) is 4.93. The van der Waals surface area contributed by atoms with Gasteiger partial charge in [-0.1, -0.05) is 5.57 Å². The Labute approximate surface area is 66.9 Å². The lowest BCUT2D eigenvalue weighted by atomic mass is 10.1. The van der Waals surface area contributed by atoms with Crippen molar-refractivity contribution in [3.05, 3.63) is 11.6 Å². The number of rotatable bonds is 4. The number of allylic oxidation sites excluding steroid dienone is 1. The van der Waals surface area contributed by atoms with Crippen LogP contribution in [0.5, 0.6) is 0 Å². The van der Waals surface area contributed by atoms with Gasteiger partial charge < -0.3 is 5.11 Å². The van der Waals surface area contributed by atoms with Crippen LogP contribution in [-0.4, -0.2) is 11.1 Å². The van der Waals surface area contributed by atoms with Gasteiger partial charge in [0.1, 0.15) is 0 Å². The molecule has 0 aromatic rings. The van der Waals surface area contributed by atoms with Gasteiger partial charge in [0, 0.05) is 12.5 Å². The zero-order valence-electron chi connectivity index (χ0n) is 6.63. The minimum absolute atomic E-state index is 0.713. The molecule has 0 radical (unpaired) electrons. The molecule has 0 aliphatic rings. The molecule has 60 valence electrons. The monoisotopic (exact) mass is 152 g/mol. The average molecular weight is 152 g/mol. The molecular formula is C9H12O2. The maximum Gasteiger partial charge on any atom is 0.328 e. The molecule has 1 N–H and O–H groups in total. The van der Waals surface area contributed by atoms with E-state index in [1.54, 1.807) is 6.92 Å². The number of hydrogen-bond donors (Lipinski definition) is 1. The van der Waals surface area contributed by atoms with Crippen molar-refractivity contribution in [3.8, 4) is 12.3 Å².